The molecule has 256 valence electrons. The molecule has 0 fully saturated rings. The zero-order valence-corrected chi connectivity index (χ0v) is 29.8. The van der Waals surface area contributed by atoms with E-state index >= 15 is 0 Å². The van der Waals surface area contributed by atoms with Crippen LogP contribution in [0.1, 0.15) is 66.0 Å². The Labute approximate surface area is 285 Å². The Morgan fingerprint density at radius 2 is 0.702 bits per heavy atom. The van der Waals surface area contributed by atoms with Gasteiger partial charge in [0, 0.05) is 39.3 Å². The summed E-state index contributed by atoms with van der Waals surface area (Å²) in [6, 6.07) is 22.5. The minimum Gasteiger partial charge on any atom is -0.301 e. The van der Waals surface area contributed by atoms with E-state index in [0.717, 1.165) is 91.6 Å². The summed E-state index contributed by atoms with van der Waals surface area (Å²) in [6.07, 6.45) is 5.97. The van der Waals surface area contributed by atoms with E-state index in [1.54, 1.807) is 0 Å². The van der Waals surface area contributed by atoms with E-state index in [2.05, 4.69) is 118 Å². The van der Waals surface area contributed by atoms with Gasteiger partial charge in [-0.1, -0.05) is 36.4 Å². The van der Waals surface area contributed by atoms with Crippen molar-refractivity contribution in [2.75, 3.05) is 80.5 Å². The van der Waals surface area contributed by atoms with Crippen molar-refractivity contribution in [3.05, 3.63) is 94.6 Å². The predicted molar refractivity (Wildman–Crippen MR) is 194 cm³/mol. The van der Waals surface area contributed by atoms with Crippen molar-refractivity contribution < 1.29 is 0 Å². The summed E-state index contributed by atoms with van der Waals surface area (Å²) < 4.78 is 0. The SMILES string of the molecule is CN1CCCCN(Cc2ccc(CN3CCCN(C)Cc4cccc(n4)CN(C)CCC3)cc2)CCCN(C)Cc2cccc(n2)C1. The minimum atomic E-state index is 0.912. The normalized spacial score (nSPS) is 20.7. The molecule has 0 amide bonds. The number of pyridine rings is 2. The monoisotopic (exact) mass is 640 g/mol. The number of rotatable bonds is 4. The first-order valence-electron chi connectivity index (χ1n) is 18.0. The molecule has 0 radical (unpaired) electrons. The average molecular weight is 641 g/mol. The number of hydrogen-bond donors (Lipinski definition) is 0. The highest BCUT2D eigenvalue weighted by molar-refractivity contribution is 5.22. The summed E-state index contributed by atoms with van der Waals surface area (Å²) in [7, 11) is 8.91. The van der Waals surface area contributed by atoms with Crippen LogP contribution in [-0.2, 0) is 39.3 Å². The van der Waals surface area contributed by atoms with Gasteiger partial charge in [0.2, 0.25) is 0 Å². The Hall–Kier alpha value is -2.72. The van der Waals surface area contributed by atoms with Crippen molar-refractivity contribution in [2.45, 2.75) is 71.4 Å². The van der Waals surface area contributed by atoms with Gasteiger partial charge >= 0.3 is 0 Å². The maximum absolute atomic E-state index is 4.94. The number of benzene rings is 1. The molecule has 8 nitrogen and oxygen atoms in total. The summed E-state index contributed by atoms with van der Waals surface area (Å²) >= 11 is 0. The molecule has 3 aromatic rings. The molecule has 0 unspecified atom stereocenters. The van der Waals surface area contributed by atoms with Gasteiger partial charge in [-0.15, -0.1) is 0 Å². The lowest BCUT2D eigenvalue weighted by molar-refractivity contribution is 0.215. The van der Waals surface area contributed by atoms with Crippen LogP contribution < -0.4 is 0 Å². The standard InChI is InChI=1S/C39H60N8/c1-42-20-5-6-24-46(25-9-21-43(2)31-37-13-7-12-36(30-42)40-37)28-34-16-18-35(19-17-34)29-47-26-10-22-44(3)32-38-14-8-15-39(41-38)33-45(4)23-11-27-47/h7-8,12-19H,5-6,9-11,20-33H2,1-4H3. The fraction of sp³-hybridized carbons (Fsp3) is 0.590. The first kappa shape index (κ1) is 35.6. The largest absolute Gasteiger partial charge is 0.301 e. The summed E-state index contributed by atoms with van der Waals surface area (Å²) in [4.78, 5) is 24.9. The second-order valence-electron chi connectivity index (χ2n) is 14.3. The highest BCUT2D eigenvalue weighted by atomic mass is 15.2. The van der Waals surface area contributed by atoms with E-state index in [1.807, 2.05) is 0 Å². The van der Waals surface area contributed by atoms with Gasteiger partial charge in [-0.2, -0.15) is 0 Å². The van der Waals surface area contributed by atoms with Crippen molar-refractivity contribution in [1.82, 2.24) is 39.4 Å². The molecule has 8 heteroatoms. The molecule has 0 saturated heterocycles. The van der Waals surface area contributed by atoms with Crippen LogP contribution in [0.5, 0.6) is 0 Å². The number of hydrogen-bond acceptors (Lipinski definition) is 8. The van der Waals surface area contributed by atoms with E-state index in [1.165, 1.54) is 66.0 Å². The molecule has 0 aliphatic carbocycles. The summed E-state index contributed by atoms with van der Waals surface area (Å²) in [5, 5.41) is 0. The molecule has 0 saturated carbocycles. The maximum Gasteiger partial charge on any atom is 0.0547 e. The predicted octanol–water partition coefficient (Wildman–Crippen LogP) is 5.19. The first-order chi connectivity index (χ1) is 22.9. The highest BCUT2D eigenvalue weighted by Gasteiger charge is 2.13. The van der Waals surface area contributed by atoms with E-state index in [9.17, 15) is 0 Å². The Bertz CT molecular complexity index is 1300. The van der Waals surface area contributed by atoms with Crippen LogP contribution in [-0.4, -0.2) is 120 Å². The lowest BCUT2D eigenvalue weighted by atomic mass is 10.1. The van der Waals surface area contributed by atoms with E-state index < -0.39 is 0 Å². The smallest absolute Gasteiger partial charge is 0.0547 e. The lowest BCUT2D eigenvalue weighted by Gasteiger charge is -2.26. The van der Waals surface area contributed by atoms with Crippen molar-refractivity contribution in [3.63, 3.8) is 0 Å². The fourth-order valence-electron chi connectivity index (χ4n) is 7.05. The average Bonchev–Trinajstić information content (AvgIpc) is 3.03. The summed E-state index contributed by atoms with van der Waals surface area (Å²) in [5.74, 6) is 0. The van der Waals surface area contributed by atoms with Gasteiger partial charge in [0.15, 0.2) is 0 Å². The molecule has 2 aliphatic heterocycles. The van der Waals surface area contributed by atoms with Crippen LogP contribution in [0.25, 0.3) is 0 Å². The van der Waals surface area contributed by atoms with Gasteiger partial charge in [0.25, 0.3) is 0 Å². The lowest BCUT2D eigenvalue weighted by Crippen LogP contribution is -2.31. The van der Waals surface area contributed by atoms with Gasteiger partial charge in [-0.25, -0.2) is 0 Å². The zero-order chi connectivity index (χ0) is 32.8. The topological polar surface area (TPSA) is 45.2 Å². The quantitative estimate of drug-likeness (QED) is 0.387. The van der Waals surface area contributed by atoms with Crippen LogP contribution in [0, 0.1) is 0 Å². The molecule has 0 atom stereocenters. The van der Waals surface area contributed by atoms with Crippen LogP contribution >= 0.6 is 0 Å². The van der Waals surface area contributed by atoms with Crippen LogP contribution in [0.2, 0.25) is 0 Å². The van der Waals surface area contributed by atoms with Gasteiger partial charge < -0.3 is 19.6 Å². The van der Waals surface area contributed by atoms with Crippen LogP contribution in [0.4, 0.5) is 0 Å². The molecule has 4 heterocycles. The van der Waals surface area contributed by atoms with Crippen molar-refractivity contribution >= 4 is 0 Å². The van der Waals surface area contributed by atoms with E-state index in [0.29, 0.717) is 0 Å². The van der Waals surface area contributed by atoms with Gasteiger partial charge in [-0.3, -0.25) is 19.8 Å². The molecule has 4 bridgehead atoms. The van der Waals surface area contributed by atoms with Gasteiger partial charge in [-0.05, 0) is 148 Å². The fourth-order valence-corrected chi connectivity index (χ4v) is 7.05. The number of aromatic nitrogens is 2. The van der Waals surface area contributed by atoms with Crippen LogP contribution in [0.15, 0.2) is 60.7 Å². The highest BCUT2D eigenvalue weighted by Crippen LogP contribution is 2.15. The summed E-state index contributed by atoms with van der Waals surface area (Å²) in [6.45, 7) is 14.6. The minimum absolute atomic E-state index is 0.912. The second-order valence-corrected chi connectivity index (χ2v) is 14.3. The third kappa shape index (κ3) is 12.7. The molecular formula is C39H60N8. The molecule has 2 aromatic heterocycles. The number of fused-ring (bicyclic) bond motifs is 4. The second kappa shape index (κ2) is 18.7. The molecular weight excluding hydrogens is 580 g/mol. The zero-order valence-electron chi connectivity index (χ0n) is 29.8. The van der Waals surface area contributed by atoms with E-state index in [4.69, 9.17) is 9.97 Å². The van der Waals surface area contributed by atoms with E-state index in [-0.39, 0.29) is 0 Å². The third-order valence-corrected chi connectivity index (χ3v) is 9.60. The Morgan fingerprint density at radius 3 is 1.06 bits per heavy atom. The molecule has 47 heavy (non-hydrogen) atoms. The first-order valence-corrected chi connectivity index (χ1v) is 18.0. The Balaban J connectivity index is 1.14. The summed E-state index contributed by atoms with van der Waals surface area (Å²) in [5.41, 5.74) is 7.56. The van der Waals surface area contributed by atoms with Crippen molar-refractivity contribution in [2.24, 2.45) is 0 Å². The molecule has 0 N–H and O–H groups in total. The Kier molecular flexibility index (Phi) is 14.2. The molecule has 5 rings (SSSR count). The van der Waals surface area contributed by atoms with Gasteiger partial charge in [0.05, 0.1) is 22.8 Å². The molecule has 2 aliphatic rings. The Morgan fingerprint density at radius 1 is 0.404 bits per heavy atom. The maximum atomic E-state index is 4.94. The third-order valence-electron chi connectivity index (χ3n) is 9.60. The molecule has 0 spiro atoms. The molecule has 1 aromatic carbocycles. The number of nitrogens with zero attached hydrogens (tertiary/aromatic N) is 8. The van der Waals surface area contributed by atoms with Gasteiger partial charge in [0.1, 0.15) is 0 Å². The van der Waals surface area contributed by atoms with Crippen LogP contribution in [0.3, 0.4) is 0 Å². The van der Waals surface area contributed by atoms with Crippen molar-refractivity contribution in [1.29, 1.82) is 0 Å². The van der Waals surface area contributed by atoms with Crippen molar-refractivity contribution in [3.8, 4) is 0 Å².